The van der Waals surface area contributed by atoms with Crippen LogP contribution in [-0.2, 0) is 0 Å². The van der Waals surface area contributed by atoms with Gasteiger partial charge in [0.2, 0.25) is 0 Å². The lowest BCUT2D eigenvalue weighted by atomic mass is 10.00. The lowest BCUT2D eigenvalue weighted by Crippen LogP contribution is -2.13. The van der Waals surface area contributed by atoms with Gasteiger partial charge in [-0.25, -0.2) is 9.97 Å². The highest BCUT2D eigenvalue weighted by Gasteiger charge is 2.29. The maximum absolute atomic E-state index is 5.15. The van der Waals surface area contributed by atoms with Crippen molar-refractivity contribution in [2.45, 2.75) is 22.6 Å². The van der Waals surface area contributed by atoms with E-state index in [1.54, 1.807) is 0 Å². The van der Waals surface area contributed by atoms with Crippen LogP contribution in [0.4, 0.5) is 0 Å². The monoisotopic (exact) mass is 704 g/mol. The first-order valence-corrected chi connectivity index (χ1v) is 19.4. The lowest BCUT2D eigenvalue weighted by Gasteiger charge is -2.12. The molecule has 0 saturated heterocycles. The van der Waals surface area contributed by atoms with E-state index in [0.29, 0.717) is 16.3 Å². The van der Waals surface area contributed by atoms with E-state index in [1.165, 1.54) is 16.3 Å². The van der Waals surface area contributed by atoms with Crippen molar-refractivity contribution in [1.82, 2.24) is 9.97 Å². The van der Waals surface area contributed by atoms with E-state index in [1.807, 2.05) is 23.5 Å². The average Bonchev–Trinajstić information content (AvgIpc) is 3.86. The van der Waals surface area contributed by atoms with Crippen molar-refractivity contribution < 1.29 is 0 Å². The Morgan fingerprint density at radius 2 is 0.846 bits per heavy atom. The second kappa shape index (κ2) is 13.2. The minimum Gasteiger partial charge on any atom is -0.269 e. The zero-order valence-corrected chi connectivity index (χ0v) is 29.7. The lowest BCUT2D eigenvalue weighted by molar-refractivity contribution is 0.862. The van der Waals surface area contributed by atoms with Crippen LogP contribution >= 0.6 is 23.5 Å². The maximum atomic E-state index is 5.15. The van der Waals surface area contributed by atoms with Crippen LogP contribution in [0.5, 0.6) is 0 Å². The van der Waals surface area contributed by atoms with Gasteiger partial charge in [0.15, 0.2) is 5.82 Å². The molecule has 4 unspecified atom stereocenters. The minimum absolute atomic E-state index is 0.216. The molecule has 248 valence electrons. The van der Waals surface area contributed by atoms with Gasteiger partial charge in [0.1, 0.15) is 0 Å². The van der Waals surface area contributed by atoms with Crippen LogP contribution < -0.4 is 0 Å². The highest BCUT2D eigenvalue weighted by Crippen LogP contribution is 2.37. The standard InChI is InChI=1S/C46H32N4S2/c1-2-8-36-27-37(26-15-29(36)7-1)30-13-20-33(21-14-30)44-47-40(31-16-22-34(23-17-31)45-49-38-9-3-5-11-42(38)51-45)28-41(48-44)32-18-24-35(25-19-32)46-50-39-10-4-6-12-43(39)52-46/h1-28,38-39,42-43H. The van der Waals surface area contributed by atoms with Crippen molar-refractivity contribution in [1.29, 1.82) is 0 Å². The first-order valence-electron chi connectivity index (χ1n) is 17.6. The molecule has 4 atom stereocenters. The van der Waals surface area contributed by atoms with Crippen molar-refractivity contribution in [3.8, 4) is 45.0 Å². The smallest absolute Gasteiger partial charge is 0.160 e. The van der Waals surface area contributed by atoms with E-state index in [2.05, 4.69) is 170 Å². The summed E-state index contributed by atoms with van der Waals surface area (Å²) in [6.07, 6.45) is 17.3. The van der Waals surface area contributed by atoms with E-state index in [4.69, 9.17) is 20.0 Å². The summed E-state index contributed by atoms with van der Waals surface area (Å²) in [7, 11) is 0. The second-order valence-electron chi connectivity index (χ2n) is 13.3. The van der Waals surface area contributed by atoms with Crippen molar-refractivity contribution in [3.05, 3.63) is 181 Å². The Kier molecular flexibility index (Phi) is 7.92. The molecule has 0 saturated carbocycles. The molecule has 4 nitrogen and oxygen atoms in total. The van der Waals surface area contributed by atoms with E-state index in [-0.39, 0.29) is 12.1 Å². The Bertz CT molecular complexity index is 2410. The fourth-order valence-corrected chi connectivity index (χ4v) is 9.44. The van der Waals surface area contributed by atoms with E-state index in [0.717, 1.165) is 54.9 Å². The van der Waals surface area contributed by atoms with Gasteiger partial charge in [-0.2, -0.15) is 0 Å². The molecule has 0 fully saturated rings. The molecule has 0 amide bonds. The van der Waals surface area contributed by atoms with E-state index < -0.39 is 0 Å². The van der Waals surface area contributed by atoms with Gasteiger partial charge in [0.25, 0.3) is 0 Å². The van der Waals surface area contributed by atoms with Crippen LogP contribution in [0.25, 0.3) is 55.8 Å². The molecule has 0 N–H and O–H groups in total. The molecule has 0 bridgehead atoms. The molecular weight excluding hydrogens is 673 g/mol. The van der Waals surface area contributed by atoms with Crippen LogP contribution in [0.15, 0.2) is 180 Å². The fourth-order valence-electron chi connectivity index (χ4n) is 7.10. The van der Waals surface area contributed by atoms with Gasteiger partial charge in [0.05, 0.1) is 44.1 Å². The Balaban J connectivity index is 0.992. The largest absolute Gasteiger partial charge is 0.269 e. The number of benzene rings is 5. The number of hydrogen-bond acceptors (Lipinski definition) is 6. The topological polar surface area (TPSA) is 50.5 Å². The molecule has 6 aromatic rings. The van der Waals surface area contributed by atoms with Gasteiger partial charge in [-0.05, 0) is 34.0 Å². The number of allylic oxidation sites excluding steroid dienone is 4. The third kappa shape index (κ3) is 5.98. The summed E-state index contributed by atoms with van der Waals surface area (Å²) in [5.41, 5.74) is 9.44. The van der Waals surface area contributed by atoms with Crippen molar-refractivity contribution in [2.24, 2.45) is 9.98 Å². The number of nitrogens with zero attached hydrogens (tertiary/aromatic N) is 4. The van der Waals surface area contributed by atoms with Crippen molar-refractivity contribution in [2.75, 3.05) is 0 Å². The Morgan fingerprint density at radius 1 is 0.385 bits per heavy atom. The Labute approximate surface area is 311 Å². The fraction of sp³-hybridized carbons (Fsp3) is 0.0870. The summed E-state index contributed by atoms with van der Waals surface area (Å²) < 4.78 is 0. The van der Waals surface area contributed by atoms with Gasteiger partial charge in [0, 0.05) is 27.8 Å². The minimum atomic E-state index is 0.216. The van der Waals surface area contributed by atoms with Crippen LogP contribution in [0, 0.1) is 0 Å². The third-order valence-electron chi connectivity index (χ3n) is 9.95. The number of aromatic nitrogens is 2. The summed E-state index contributed by atoms with van der Waals surface area (Å²) >= 11 is 3.67. The number of thioether (sulfide) groups is 2. The Morgan fingerprint density at radius 3 is 1.40 bits per heavy atom. The van der Waals surface area contributed by atoms with Gasteiger partial charge >= 0.3 is 0 Å². The van der Waals surface area contributed by atoms with Crippen molar-refractivity contribution in [3.63, 3.8) is 0 Å². The van der Waals surface area contributed by atoms with Crippen LogP contribution in [0.1, 0.15) is 11.1 Å². The molecule has 0 spiro atoms. The zero-order valence-electron chi connectivity index (χ0n) is 28.1. The van der Waals surface area contributed by atoms with Crippen LogP contribution in [-0.4, -0.2) is 42.6 Å². The van der Waals surface area contributed by atoms with E-state index >= 15 is 0 Å². The number of hydrogen-bond donors (Lipinski definition) is 0. The number of fused-ring (bicyclic) bond motifs is 3. The molecule has 0 radical (unpaired) electrons. The summed E-state index contributed by atoms with van der Waals surface area (Å²) in [5.74, 6) is 0.697. The van der Waals surface area contributed by atoms with Crippen LogP contribution in [0.2, 0.25) is 0 Å². The summed E-state index contributed by atoms with van der Waals surface area (Å²) in [5, 5.41) is 5.41. The van der Waals surface area contributed by atoms with Gasteiger partial charge in [-0.1, -0.05) is 181 Å². The van der Waals surface area contributed by atoms with Gasteiger partial charge < -0.3 is 0 Å². The summed E-state index contributed by atoms with van der Waals surface area (Å²) in [6, 6.07) is 43.6. The second-order valence-corrected chi connectivity index (χ2v) is 15.6. The summed E-state index contributed by atoms with van der Waals surface area (Å²) in [4.78, 5) is 20.3. The van der Waals surface area contributed by atoms with Crippen LogP contribution in [0.3, 0.4) is 0 Å². The highest BCUT2D eigenvalue weighted by molar-refractivity contribution is 8.15. The molecule has 52 heavy (non-hydrogen) atoms. The third-order valence-corrected chi connectivity index (χ3v) is 12.5. The highest BCUT2D eigenvalue weighted by atomic mass is 32.2. The Hall–Kier alpha value is -5.56. The van der Waals surface area contributed by atoms with Gasteiger partial charge in [-0.15, -0.1) is 0 Å². The summed E-state index contributed by atoms with van der Waals surface area (Å²) in [6.45, 7) is 0. The SMILES string of the molecule is C1=CC2N=C(c3ccc(-c4cc(-c5ccc(C6=NC7C=CC=CC7S6)cc5)nc(-c5ccc(-c6ccc7ccccc7c6)cc5)n4)cc3)SC2C=C1. The first kappa shape index (κ1) is 31.2. The van der Waals surface area contributed by atoms with E-state index in [9.17, 15) is 0 Å². The molecule has 1 aromatic heterocycles. The molecule has 2 aliphatic heterocycles. The maximum Gasteiger partial charge on any atom is 0.160 e. The average molecular weight is 705 g/mol. The van der Waals surface area contributed by atoms with Crippen molar-refractivity contribution >= 4 is 44.4 Å². The zero-order chi connectivity index (χ0) is 34.4. The number of aliphatic imine (C=N–C) groups is 2. The first-order chi connectivity index (χ1) is 25.7. The molecule has 10 rings (SSSR count). The molecule has 2 aliphatic carbocycles. The molecule has 4 aliphatic rings. The number of rotatable bonds is 6. The normalized spacial score (nSPS) is 21.2. The predicted molar refractivity (Wildman–Crippen MR) is 221 cm³/mol. The molecule has 6 heteroatoms. The predicted octanol–water partition coefficient (Wildman–Crippen LogP) is 11.0. The van der Waals surface area contributed by atoms with Gasteiger partial charge in [-0.3, -0.25) is 9.98 Å². The molecule has 5 aromatic carbocycles. The quantitative estimate of drug-likeness (QED) is 0.173. The molecule has 3 heterocycles. The molecular formula is C46H32N4S2.